The topological polar surface area (TPSA) is 65.9 Å². The van der Waals surface area contributed by atoms with Gasteiger partial charge in [-0.25, -0.2) is 0 Å². The molecule has 4 nitrogen and oxygen atoms in total. The number of hydrogen-bond acceptors (Lipinski definition) is 2. The number of piperazine rings is 1. The van der Waals surface area contributed by atoms with Crippen molar-refractivity contribution in [2.24, 2.45) is 0 Å². The van der Waals surface area contributed by atoms with Crippen LogP contribution in [-0.2, 0) is 10.3 Å². The predicted molar refractivity (Wildman–Crippen MR) is 69.7 cm³/mol. The van der Waals surface area contributed by atoms with E-state index in [4.69, 9.17) is 0 Å². The van der Waals surface area contributed by atoms with Crippen molar-refractivity contribution in [1.82, 2.24) is 5.32 Å². The minimum absolute atomic E-state index is 0.0549. The highest BCUT2D eigenvalue weighted by Gasteiger charge is 2.67. The Labute approximate surface area is 120 Å². The summed E-state index contributed by atoms with van der Waals surface area (Å²) in [5.41, 5.74) is -2.20. The summed E-state index contributed by atoms with van der Waals surface area (Å²) in [6, 6.07) is 2.12. The molecule has 1 aromatic rings. The fraction of sp³-hybridized carbons (Fsp3) is 0.500. The highest BCUT2D eigenvalue weighted by molar-refractivity contribution is 5.88. The van der Waals surface area contributed by atoms with E-state index < -0.39 is 17.6 Å². The first kappa shape index (κ1) is 15.6. The maximum Gasteiger partial charge on any atom is 0.458 e. The molecule has 0 spiro atoms. The third kappa shape index (κ3) is 2.35. The van der Waals surface area contributed by atoms with E-state index in [1.165, 1.54) is 26.0 Å². The Bertz CT molecular complexity index is 563. The number of amides is 1. The summed E-state index contributed by atoms with van der Waals surface area (Å²) in [4.78, 5) is 12.2. The summed E-state index contributed by atoms with van der Waals surface area (Å²) in [7, 11) is 0. The van der Waals surface area contributed by atoms with Crippen LogP contribution in [0.2, 0.25) is 0 Å². The third-order valence-corrected chi connectivity index (χ3v) is 3.91. The number of nitrogens with two attached hydrogens (primary N) is 1. The number of benzene rings is 1. The Balaban J connectivity index is 2.65. The Morgan fingerprint density at radius 2 is 1.86 bits per heavy atom. The number of carbonyl (C=O) groups excluding carboxylic acids is 1. The van der Waals surface area contributed by atoms with Crippen LogP contribution in [0.4, 0.5) is 13.2 Å². The summed E-state index contributed by atoms with van der Waals surface area (Å²) in [5.74, 6) is -1.13. The lowest BCUT2D eigenvalue weighted by Gasteiger charge is -2.37. The number of nitrogens with one attached hydrogen (secondary N) is 1. The lowest BCUT2D eigenvalue weighted by Crippen LogP contribution is -3.05. The average molecular weight is 303 g/mol. The molecule has 0 aromatic heterocycles. The van der Waals surface area contributed by atoms with Gasteiger partial charge in [-0.15, -0.1) is 0 Å². The van der Waals surface area contributed by atoms with Gasteiger partial charge in [0, 0.05) is 5.56 Å². The first-order chi connectivity index (χ1) is 9.59. The Kier molecular flexibility index (Phi) is 3.65. The molecule has 0 aliphatic carbocycles. The van der Waals surface area contributed by atoms with Gasteiger partial charge in [-0.2, -0.15) is 13.2 Å². The summed E-state index contributed by atoms with van der Waals surface area (Å²) in [5, 5.41) is 13.1. The van der Waals surface area contributed by atoms with E-state index in [1.807, 2.05) is 0 Å². The molecular formula is C14H18F3N2O2+. The van der Waals surface area contributed by atoms with Crippen molar-refractivity contribution in [2.45, 2.75) is 38.5 Å². The molecule has 0 unspecified atom stereocenters. The van der Waals surface area contributed by atoms with E-state index in [1.54, 1.807) is 6.92 Å². The zero-order valence-electron chi connectivity index (χ0n) is 12.0. The van der Waals surface area contributed by atoms with Crippen LogP contribution in [0.5, 0.6) is 5.75 Å². The summed E-state index contributed by atoms with van der Waals surface area (Å²) >= 11 is 0. The van der Waals surface area contributed by atoms with E-state index >= 15 is 0 Å². The molecule has 1 aliphatic heterocycles. The molecule has 21 heavy (non-hydrogen) atoms. The first-order valence-electron chi connectivity index (χ1n) is 6.62. The van der Waals surface area contributed by atoms with Gasteiger partial charge in [-0.1, -0.05) is 0 Å². The molecule has 2 atom stereocenters. The van der Waals surface area contributed by atoms with Crippen molar-refractivity contribution < 1.29 is 28.4 Å². The Hall–Kier alpha value is -1.76. The molecule has 0 bridgehead atoms. The van der Waals surface area contributed by atoms with Crippen LogP contribution in [0.3, 0.4) is 0 Å². The van der Waals surface area contributed by atoms with E-state index in [9.17, 15) is 23.1 Å². The fourth-order valence-electron chi connectivity index (χ4n) is 2.68. The lowest BCUT2D eigenvalue weighted by molar-refractivity contribution is -0.753. The molecule has 116 valence electrons. The van der Waals surface area contributed by atoms with Crippen molar-refractivity contribution in [3.05, 3.63) is 28.8 Å². The molecule has 1 heterocycles. The number of aryl methyl sites for hydroxylation is 2. The minimum Gasteiger partial charge on any atom is -0.507 e. The molecule has 1 aromatic carbocycles. The zero-order valence-corrected chi connectivity index (χ0v) is 12.0. The van der Waals surface area contributed by atoms with Gasteiger partial charge in [0.15, 0.2) is 0 Å². The van der Waals surface area contributed by atoms with Crippen LogP contribution in [0.25, 0.3) is 0 Å². The smallest absolute Gasteiger partial charge is 0.458 e. The SMILES string of the molecule is Cc1cc([C@@]2(C(F)(F)F)[NH2+]C[C@@H](C)NC2=O)cc(C)c1O. The van der Waals surface area contributed by atoms with Crippen LogP contribution in [0.1, 0.15) is 23.6 Å². The molecule has 2 rings (SSSR count). The molecular weight excluding hydrogens is 285 g/mol. The largest absolute Gasteiger partial charge is 0.507 e. The fourth-order valence-corrected chi connectivity index (χ4v) is 2.68. The second kappa shape index (κ2) is 4.91. The van der Waals surface area contributed by atoms with Gasteiger partial charge in [0.25, 0.3) is 11.4 Å². The number of carbonyl (C=O) groups is 1. The van der Waals surface area contributed by atoms with Gasteiger partial charge in [-0.05, 0) is 44.0 Å². The summed E-state index contributed by atoms with van der Waals surface area (Å²) in [6.45, 7) is 4.81. The molecule has 7 heteroatoms. The Morgan fingerprint density at radius 3 is 2.29 bits per heavy atom. The van der Waals surface area contributed by atoms with Crippen molar-refractivity contribution >= 4 is 5.91 Å². The lowest BCUT2D eigenvalue weighted by atomic mass is 9.84. The van der Waals surface area contributed by atoms with E-state index in [2.05, 4.69) is 5.32 Å². The number of phenolic OH excluding ortho intramolecular Hbond substituents is 1. The quantitative estimate of drug-likeness (QED) is 0.720. The van der Waals surface area contributed by atoms with E-state index in [0.29, 0.717) is 11.1 Å². The summed E-state index contributed by atoms with van der Waals surface area (Å²) < 4.78 is 41.0. The van der Waals surface area contributed by atoms with Crippen molar-refractivity contribution in [3.8, 4) is 5.75 Å². The number of hydrogen-bond donors (Lipinski definition) is 3. The number of aromatic hydroxyl groups is 1. The average Bonchev–Trinajstić information content (AvgIpc) is 2.34. The van der Waals surface area contributed by atoms with Crippen molar-refractivity contribution in [2.75, 3.05) is 6.54 Å². The van der Waals surface area contributed by atoms with Gasteiger partial charge < -0.3 is 15.7 Å². The molecule has 1 fully saturated rings. The van der Waals surface area contributed by atoms with Gasteiger partial charge in [0.1, 0.15) is 5.75 Å². The molecule has 0 saturated carbocycles. The summed E-state index contributed by atoms with van der Waals surface area (Å²) in [6.07, 6.45) is -4.74. The van der Waals surface area contributed by atoms with Gasteiger partial charge in [0.2, 0.25) is 0 Å². The van der Waals surface area contributed by atoms with Gasteiger partial charge in [-0.3, -0.25) is 4.79 Å². The van der Waals surface area contributed by atoms with Crippen LogP contribution in [0.15, 0.2) is 12.1 Å². The normalized spacial score (nSPS) is 26.6. The number of rotatable bonds is 1. The minimum atomic E-state index is -4.74. The molecule has 4 N–H and O–H groups in total. The molecule has 1 amide bonds. The van der Waals surface area contributed by atoms with Crippen LogP contribution in [0, 0.1) is 13.8 Å². The van der Waals surface area contributed by atoms with E-state index in [0.717, 1.165) is 5.32 Å². The Morgan fingerprint density at radius 1 is 1.33 bits per heavy atom. The highest BCUT2D eigenvalue weighted by atomic mass is 19.4. The van der Waals surface area contributed by atoms with Crippen LogP contribution in [-0.4, -0.2) is 29.8 Å². The predicted octanol–water partition coefficient (Wildman–Crippen LogP) is 0.848. The van der Waals surface area contributed by atoms with Gasteiger partial charge >= 0.3 is 6.18 Å². The number of alkyl halides is 3. The zero-order chi connectivity index (χ0) is 16.0. The standard InChI is InChI=1S/C14H17F3N2O2/c1-7-4-10(5-8(2)11(7)20)13(14(15,16)17)12(21)19-9(3)6-18-13/h4-5,9,18,20H,6H2,1-3H3,(H,19,21)/p+1/t9-,13-/m1/s1. The first-order valence-corrected chi connectivity index (χ1v) is 6.62. The van der Waals surface area contributed by atoms with Crippen molar-refractivity contribution in [1.29, 1.82) is 0 Å². The van der Waals surface area contributed by atoms with Crippen molar-refractivity contribution in [3.63, 3.8) is 0 Å². The van der Waals surface area contributed by atoms with Crippen LogP contribution >= 0.6 is 0 Å². The third-order valence-electron chi connectivity index (χ3n) is 3.91. The number of phenols is 1. The van der Waals surface area contributed by atoms with E-state index in [-0.39, 0.29) is 23.9 Å². The number of halogens is 3. The van der Waals surface area contributed by atoms with Gasteiger partial charge in [0.05, 0.1) is 12.6 Å². The maximum absolute atomic E-state index is 13.7. The molecule has 1 aliphatic rings. The van der Waals surface area contributed by atoms with Crippen LogP contribution < -0.4 is 10.6 Å². The monoisotopic (exact) mass is 303 g/mol. The number of quaternary nitrogens is 1. The second-order valence-electron chi connectivity index (χ2n) is 5.58. The highest BCUT2D eigenvalue weighted by Crippen LogP contribution is 2.39. The molecule has 0 radical (unpaired) electrons. The molecule has 1 saturated heterocycles. The maximum atomic E-state index is 13.7. The second-order valence-corrected chi connectivity index (χ2v) is 5.58.